The Balaban J connectivity index is 1.98. The molecule has 26 heavy (non-hydrogen) atoms. The van der Waals surface area contributed by atoms with Crippen LogP contribution >= 0.6 is 0 Å². The Bertz CT molecular complexity index is 996. The maximum Gasteiger partial charge on any atom is 0.275 e. The van der Waals surface area contributed by atoms with Crippen molar-refractivity contribution in [3.05, 3.63) is 93.7 Å². The van der Waals surface area contributed by atoms with E-state index < -0.39 is 11.5 Å². The molecule has 0 bridgehead atoms. The quantitative estimate of drug-likeness (QED) is 0.694. The third-order valence-electron chi connectivity index (χ3n) is 3.96. The van der Waals surface area contributed by atoms with Crippen molar-refractivity contribution in [2.45, 2.75) is 12.8 Å². The Morgan fingerprint density at radius 1 is 1.12 bits per heavy atom. The number of nitrogens with one attached hydrogen (secondary N) is 2. The predicted octanol–water partition coefficient (Wildman–Crippen LogP) is 2.66. The molecule has 2 aromatic carbocycles. The topological polar surface area (TPSA) is 91.9 Å². The fourth-order valence-corrected chi connectivity index (χ4v) is 2.75. The first-order valence-electron chi connectivity index (χ1n) is 8.05. The summed E-state index contributed by atoms with van der Waals surface area (Å²) in [5, 5.41) is 2.62. The second-order valence-electron chi connectivity index (χ2n) is 5.88. The van der Waals surface area contributed by atoms with Gasteiger partial charge in [0.1, 0.15) is 5.69 Å². The second kappa shape index (κ2) is 7.57. The first kappa shape index (κ1) is 17.3. The number of anilines is 1. The van der Waals surface area contributed by atoms with Crippen LogP contribution in [0.5, 0.6) is 0 Å². The summed E-state index contributed by atoms with van der Waals surface area (Å²) in [5.41, 5.74) is 2.08. The summed E-state index contributed by atoms with van der Waals surface area (Å²) in [5.74, 6) is -1.03. The molecule has 6 heteroatoms. The van der Waals surface area contributed by atoms with Crippen molar-refractivity contribution < 1.29 is 9.59 Å². The highest BCUT2D eigenvalue weighted by molar-refractivity contribution is 5.98. The van der Waals surface area contributed by atoms with Crippen molar-refractivity contribution in [3.63, 3.8) is 0 Å². The molecule has 3 rings (SSSR count). The lowest BCUT2D eigenvalue weighted by atomic mass is 9.89. The van der Waals surface area contributed by atoms with Crippen LogP contribution in [0, 0.1) is 6.92 Å². The molecule has 0 saturated heterocycles. The van der Waals surface area contributed by atoms with Crippen LogP contribution in [0.15, 0.2) is 65.6 Å². The van der Waals surface area contributed by atoms with E-state index in [0.29, 0.717) is 6.29 Å². The van der Waals surface area contributed by atoms with E-state index in [4.69, 9.17) is 0 Å². The molecule has 2 N–H and O–H groups in total. The summed E-state index contributed by atoms with van der Waals surface area (Å²) in [4.78, 5) is 41.8. The molecule has 0 radical (unpaired) electrons. The number of rotatable bonds is 5. The molecule has 130 valence electrons. The zero-order valence-corrected chi connectivity index (χ0v) is 14.1. The van der Waals surface area contributed by atoms with Crippen LogP contribution in [-0.2, 0) is 4.79 Å². The number of hydrogen-bond acceptors (Lipinski definition) is 4. The van der Waals surface area contributed by atoms with Gasteiger partial charge in [-0.2, -0.15) is 0 Å². The number of aryl methyl sites for hydroxylation is 1. The van der Waals surface area contributed by atoms with Crippen molar-refractivity contribution in [3.8, 4) is 0 Å². The molecule has 1 heterocycles. The van der Waals surface area contributed by atoms with Gasteiger partial charge in [0.25, 0.3) is 5.56 Å². The number of H-pyrrole nitrogens is 1. The van der Waals surface area contributed by atoms with Crippen LogP contribution in [0.1, 0.15) is 33.2 Å². The lowest BCUT2D eigenvalue weighted by Gasteiger charge is -2.18. The van der Waals surface area contributed by atoms with E-state index in [-0.39, 0.29) is 17.4 Å². The number of benzene rings is 2. The highest BCUT2D eigenvalue weighted by Gasteiger charge is 2.23. The molecule has 0 fully saturated rings. The number of carbonyl (C=O) groups is 2. The highest BCUT2D eigenvalue weighted by atomic mass is 16.2. The number of aldehydes is 1. The predicted molar refractivity (Wildman–Crippen MR) is 98.3 cm³/mol. The number of aromatic nitrogens is 2. The van der Waals surface area contributed by atoms with E-state index in [1.54, 1.807) is 0 Å². The maximum absolute atomic E-state index is 13.0. The summed E-state index contributed by atoms with van der Waals surface area (Å²) in [6.45, 7) is 1.95. The molecule has 1 amide bonds. The molecule has 6 nitrogen and oxygen atoms in total. The lowest BCUT2D eigenvalue weighted by molar-refractivity contribution is -0.116. The summed E-state index contributed by atoms with van der Waals surface area (Å²) in [6, 6.07) is 17.0. The minimum atomic E-state index is -0.582. The average Bonchev–Trinajstić information content (AvgIpc) is 2.64. The zero-order chi connectivity index (χ0) is 18.5. The van der Waals surface area contributed by atoms with Gasteiger partial charge in [0, 0.05) is 0 Å². The van der Waals surface area contributed by atoms with Gasteiger partial charge >= 0.3 is 0 Å². The van der Waals surface area contributed by atoms with Crippen LogP contribution in [0.3, 0.4) is 0 Å². The van der Waals surface area contributed by atoms with E-state index in [9.17, 15) is 14.4 Å². The number of hydrogen-bond donors (Lipinski definition) is 2. The number of amides is 1. The molecule has 0 spiro atoms. The van der Waals surface area contributed by atoms with Crippen LogP contribution < -0.4 is 10.9 Å². The number of aromatic amines is 1. The Hall–Kier alpha value is -3.54. The van der Waals surface area contributed by atoms with Gasteiger partial charge < -0.3 is 10.3 Å². The summed E-state index contributed by atoms with van der Waals surface area (Å²) >= 11 is 0. The van der Waals surface area contributed by atoms with Crippen molar-refractivity contribution in [1.82, 2.24) is 9.97 Å². The Kier molecular flexibility index (Phi) is 5.03. The first-order valence-corrected chi connectivity index (χ1v) is 8.05. The van der Waals surface area contributed by atoms with E-state index in [0.717, 1.165) is 16.7 Å². The fourth-order valence-electron chi connectivity index (χ4n) is 2.75. The number of carbonyl (C=O) groups excluding carboxylic acids is 2. The molecule has 0 aliphatic carbocycles. The van der Waals surface area contributed by atoms with Gasteiger partial charge in [0.15, 0.2) is 12.1 Å². The molecule has 0 saturated carbocycles. The standard InChI is InChI=1S/C20H17N3O3/c1-13-6-5-9-15(10-13)18(14-7-3-2-4-8-14)20(26)22-16-11-21-17(12-24)23-19(16)25/h2-12,18H,1H3,(H,22,26)(H,21,23,25). The summed E-state index contributed by atoms with van der Waals surface area (Å²) in [7, 11) is 0. The largest absolute Gasteiger partial charge is 0.319 e. The fraction of sp³-hybridized carbons (Fsp3) is 0.100. The van der Waals surface area contributed by atoms with Crippen LogP contribution in [0.25, 0.3) is 0 Å². The molecule has 0 aliphatic heterocycles. The molecule has 1 unspecified atom stereocenters. The van der Waals surface area contributed by atoms with Crippen LogP contribution in [0.4, 0.5) is 5.69 Å². The zero-order valence-electron chi connectivity index (χ0n) is 14.1. The van der Waals surface area contributed by atoms with Crippen molar-refractivity contribution in [2.75, 3.05) is 5.32 Å². The minimum Gasteiger partial charge on any atom is -0.319 e. The average molecular weight is 347 g/mol. The molecular formula is C20H17N3O3. The Morgan fingerprint density at radius 2 is 1.85 bits per heavy atom. The maximum atomic E-state index is 13.0. The highest BCUT2D eigenvalue weighted by Crippen LogP contribution is 2.26. The summed E-state index contributed by atoms with van der Waals surface area (Å²) in [6.07, 6.45) is 1.62. The normalized spacial score (nSPS) is 11.6. The smallest absolute Gasteiger partial charge is 0.275 e. The van der Waals surface area contributed by atoms with E-state index in [1.807, 2.05) is 61.5 Å². The molecule has 1 atom stereocenters. The van der Waals surface area contributed by atoms with Crippen LogP contribution in [-0.4, -0.2) is 22.2 Å². The van der Waals surface area contributed by atoms with Gasteiger partial charge in [-0.15, -0.1) is 0 Å². The van der Waals surface area contributed by atoms with Gasteiger partial charge in [-0.05, 0) is 18.1 Å². The Morgan fingerprint density at radius 3 is 2.50 bits per heavy atom. The molecule has 0 aliphatic rings. The van der Waals surface area contributed by atoms with Crippen molar-refractivity contribution in [1.29, 1.82) is 0 Å². The monoisotopic (exact) mass is 347 g/mol. The minimum absolute atomic E-state index is 0.00539. The van der Waals surface area contributed by atoms with Gasteiger partial charge in [-0.25, -0.2) is 4.98 Å². The summed E-state index contributed by atoms with van der Waals surface area (Å²) < 4.78 is 0. The van der Waals surface area contributed by atoms with E-state index in [2.05, 4.69) is 15.3 Å². The van der Waals surface area contributed by atoms with Crippen molar-refractivity contribution in [2.24, 2.45) is 0 Å². The molecule has 1 aromatic heterocycles. The number of nitrogens with zero attached hydrogens (tertiary/aromatic N) is 1. The molecule has 3 aromatic rings. The Labute approximate surface area is 149 Å². The lowest BCUT2D eigenvalue weighted by Crippen LogP contribution is -2.26. The van der Waals surface area contributed by atoms with Crippen molar-refractivity contribution >= 4 is 17.9 Å². The van der Waals surface area contributed by atoms with E-state index >= 15 is 0 Å². The third kappa shape index (κ3) is 3.75. The first-order chi connectivity index (χ1) is 12.6. The van der Waals surface area contributed by atoms with E-state index in [1.165, 1.54) is 6.20 Å². The van der Waals surface area contributed by atoms with Gasteiger partial charge in [0.05, 0.1) is 12.1 Å². The third-order valence-corrected chi connectivity index (χ3v) is 3.96. The van der Waals surface area contributed by atoms with Gasteiger partial charge in [-0.1, -0.05) is 60.2 Å². The van der Waals surface area contributed by atoms with Gasteiger partial charge in [0.2, 0.25) is 5.91 Å². The second-order valence-corrected chi connectivity index (χ2v) is 5.88. The molecular weight excluding hydrogens is 330 g/mol. The SMILES string of the molecule is Cc1cccc(C(C(=O)Nc2cnc(C=O)[nH]c2=O)c2ccccc2)c1. The van der Waals surface area contributed by atoms with Crippen LogP contribution in [0.2, 0.25) is 0 Å². The van der Waals surface area contributed by atoms with Gasteiger partial charge in [-0.3, -0.25) is 14.4 Å².